The molecule has 5 heteroatoms. The molecule has 0 bridgehead atoms. The van der Waals surface area contributed by atoms with E-state index < -0.39 is 20.0 Å². The van der Waals surface area contributed by atoms with E-state index in [9.17, 15) is 9.13 Å². The highest BCUT2D eigenvalue weighted by Gasteiger charge is 2.52. The molecule has 0 N–H and O–H groups in total. The summed E-state index contributed by atoms with van der Waals surface area (Å²) in [5.74, 6) is 1.58. The Balaban J connectivity index is 1.46. The van der Waals surface area contributed by atoms with Crippen LogP contribution in [0.15, 0.2) is 158 Å². The number of hydrogen-bond acceptors (Lipinski definition) is 2. The zero-order chi connectivity index (χ0) is 30.1. The Morgan fingerprint density at radius 2 is 0.909 bits per heavy atom. The summed E-state index contributed by atoms with van der Waals surface area (Å²) in [6.45, 7) is 4.01. The van der Waals surface area contributed by atoms with Gasteiger partial charge in [-0.25, -0.2) is 0 Å². The highest BCUT2D eigenvalue weighted by Crippen LogP contribution is 2.63. The predicted octanol–water partition coefficient (Wildman–Crippen LogP) is 8.69. The van der Waals surface area contributed by atoms with Crippen LogP contribution in [0.5, 0.6) is 0 Å². The van der Waals surface area contributed by atoms with Gasteiger partial charge in [-0.3, -0.25) is 4.57 Å². The van der Waals surface area contributed by atoms with Gasteiger partial charge in [0, 0.05) is 21.2 Å². The van der Waals surface area contributed by atoms with Crippen molar-refractivity contribution in [2.75, 3.05) is 0 Å². The lowest BCUT2D eigenvalue weighted by molar-refractivity contribution is 0.558. The van der Waals surface area contributed by atoms with Crippen molar-refractivity contribution in [2.24, 2.45) is 0 Å². The summed E-state index contributed by atoms with van der Waals surface area (Å²) < 4.78 is 44.9. The molecular weight excluding hydrogens is 581 g/mol. The number of benzene rings is 6. The maximum atomic E-state index is 16.4. The molecule has 2 nitrogen and oxygen atoms in total. The van der Waals surface area contributed by atoms with Crippen molar-refractivity contribution in [3.63, 3.8) is 0 Å². The number of hydrogen-bond donors (Lipinski definition) is 0. The average molecular weight is 609 g/mol. The molecule has 6 aromatic rings. The largest absolute Gasteiger partial charge is 0.309 e. The predicted molar refractivity (Wildman–Crippen MR) is 181 cm³/mol. The molecule has 2 aliphatic rings. The normalized spacial score (nSPS) is 18.4. The summed E-state index contributed by atoms with van der Waals surface area (Å²) in [5.41, 5.74) is 7.30. The van der Waals surface area contributed by atoms with Gasteiger partial charge < -0.3 is 4.57 Å². The molecule has 44 heavy (non-hydrogen) atoms. The molecule has 0 aliphatic heterocycles. The van der Waals surface area contributed by atoms with Crippen LogP contribution in [0.3, 0.4) is 0 Å². The second kappa shape index (κ2) is 9.73. The minimum Gasteiger partial charge on any atom is -0.309 e. The molecule has 3 atom stereocenters. The van der Waals surface area contributed by atoms with Gasteiger partial charge in [-0.2, -0.15) is 4.20 Å². The van der Waals surface area contributed by atoms with Gasteiger partial charge in [0.2, 0.25) is 0 Å². The Hall–Kier alpha value is -4.55. The topological polar surface area (TPSA) is 34.1 Å². The van der Waals surface area contributed by atoms with Gasteiger partial charge in [-0.15, -0.1) is 0 Å². The van der Waals surface area contributed by atoms with Crippen LogP contribution in [-0.4, -0.2) is 0 Å². The van der Waals surface area contributed by atoms with Gasteiger partial charge >= 0.3 is 0 Å². The van der Waals surface area contributed by atoms with E-state index in [0.29, 0.717) is 5.30 Å². The van der Waals surface area contributed by atoms with Gasteiger partial charge in [-0.1, -0.05) is 122 Å². The fraction of sp³-hybridized carbons (Fsp3) is 0.0256. The van der Waals surface area contributed by atoms with Crippen molar-refractivity contribution >= 4 is 35.8 Å². The van der Waals surface area contributed by atoms with Gasteiger partial charge in [0.25, 0.3) is 7.45 Å². The van der Waals surface area contributed by atoms with Crippen LogP contribution in [0.25, 0.3) is 22.3 Å². The highest BCUT2D eigenvalue weighted by atomic mass is 31.2. The maximum absolute atomic E-state index is 16.4. The van der Waals surface area contributed by atoms with Crippen LogP contribution in [0, 0.1) is 0 Å². The first kappa shape index (κ1) is 27.0. The fourth-order valence-electron chi connectivity index (χ4n) is 7.28. The summed E-state index contributed by atoms with van der Waals surface area (Å²) in [7, 11) is -7.56. The Labute approximate surface area is 256 Å². The van der Waals surface area contributed by atoms with Gasteiger partial charge in [0.15, 0.2) is 7.14 Å². The van der Waals surface area contributed by atoms with Crippen LogP contribution < -0.4 is 21.2 Å². The average Bonchev–Trinajstić information content (AvgIpc) is 3.55. The number of halogens is 1. The van der Waals surface area contributed by atoms with Gasteiger partial charge in [0.1, 0.15) is 0 Å². The van der Waals surface area contributed by atoms with Crippen LogP contribution >= 0.6 is 14.6 Å². The van der Waals surface area contributed by atoms with Gasteiger partial charge in [-0.05, 0) is 80.7 Å². The molecule has 0 aromatic heterocycles. The Bertz CT molecular complexity index is 2210. The van der Waals surface area contributed by atoms with E-state index in [1.54, 1.807) is 42.2 Å². The molecule has 0 radical (unpaired) electrons. The summed E-state index contributed by atoms with van der Waals surface area (Å²) in [4.78, 5) is 0. The van der Waals surface area contributed by atoms with Crippen molar-refractivity contribution in [1.29, 1.82) is 0 Å². The molecule has 1 spiro atoms. The minimum absolute atomic E-state index is 0.165. The van der Waals surface area contributed by atoms with E-state index in [2.05, 4.69) is 43.0 Å². The van der Waals surface area contributed by atoms with Crippen LogP contribution in [-0.2, 0) is 14.5 Å². The molecule has 2 aliphatic carbocycles. The lowest BCUT2D eigenvalue weighted by Gasteiger charge is -2.31. The molecule has 0 amide bonds. The van der Waals surface area contributed by atoms with Crippen LogP contribution in [0.1, 0.15) is 22.3 Å². The SMILES string of the molecule is C=CP(=O)(c1ccccc1)c1ccc2c(c1)C1(c3ccccc3-c3ccc(P(=O)(F)c4ccccc4)cc31)c1ccccc1-2. The second-order valence-electron chi connectivity index (χ2n) is 11.3. The lowest BCUT2D eigenvalue weighted by Crippen LogP contribution is -2.28. The first-order chi connectivity index (χ1) is 21.4. The first-order valence-corrected chi connectivity index (χ1v) is 17.9. The summed E-state index contributed by atoms with van der Waals surface area (Å²) in [6.07, 6.45) is 0. The summed E-state index contributed by atoms with van der Waals surface area (Å²) >= 11 is 0. The third-order valence-corrected chi connectivity index (χ3v) is 13.8. The van der Waals surface area contributed by atoms with Gasteiger partial charge in [0.05, 0.1) is 5.41 Å². The molecule has 212 valence electrons. The van der Waals surface area contributed by atoms with Crippen molar-refractivity contribution in [3.8, 4) is 22.3 Å². The van der Waals surface area contributed by atoms with E-state index in [-0.39, 0.29) is 10.6 Å². The van der Waals surface area contributed by atoms with Crippen LogP contribution in [0.4, 0.5) is 4.20 Å². The quantitative estimate of drug-likeness (QED) is 0.183. The highest BCUT2D eigenvalue weighted by molar-refractivity contribution is 7.81. The second-order valence-corrected chi connectivity index (χ2v) is 16.2. The monoisotopic (exact) mass is 608 g/mol. The third-order valence-electron chi connectivity index (χ3n) is 9.26. The van der Waals surface area contributed by atoms with E-state index in [1.807, 2.05) is 72.8 Å². The molecule has 3 unspecified atom stereocenters. The summed E-state index contributed by atoms with van der Waals surface area (Å²) in [5, 5.41) is 1.74. The molecular formula is C39H27FO2P2. The molecule has 0 saturated carbocycles. The van der Waals surface area contributed by atoms with Crippen molar-refractivity contribution in [1.82, 2.24) is 0 Å². The Morgan fingerprint density at radius 1 is 0.477 bits per heavy atom. The standard InChI is InChI=1S/C39H27FO2P2/c1-2-43(41,27-13-5-3-6-14-27)29-21-23-33-31-17-9-11-19-35(31)39(37(33)25-29)36-20-12-10-18-32(36)34-24-22-30(26-38(34)39)44(40,42)28-15-7-4-8-16-28/h2-26H,1H2. The molecule has 8 rings (SSSR count). The fourth-order valence-corrected chi connectivity index (χ4v) is 10.6. The van der Waals surface area contributed by atoms with E-state index in [0.717, 1.165) is 49.8 Å². The van der Waals surface area contributed by atoms with E-state index in [1.165, 1.54) is 0 Å². The molecule has 0 saturated heterocycles. The van der Waals surface area contributed by atoms with E-state index in [4.69, 9.17) is 0 Å². The first-order valence-electron chi connectivity index (χ1n) is 14.5. The lowest BCUT2D eigenvalue weighted by atomic mass is 9.70. The summed E-state index contributed by atoms with van der Waals surface area (Å²) in [6, 6.07) is 45.9. The van der Waals surface area contributed by atoms with Crippen molar-refractivity contribution in [2.45, 2.75) is 5.41 Å². The smallest absolute Gasteiger partial charge is 0.300 e. The van der Waals surface area contributed by atoms with Crippen molar-refractivity contribution in [3.05, 3.63) is 180 Å². The van der Waals surface area contributed by atoms with Crippen LogP contribution in [0.2, 0.25) is 0 Å². The molecule has 0 heterocycles. The Kier molecular flexibility index (Phi) is 5.98. The number of fused-ring (bicyclic) bond motifs is 10. The zero-order valence-electron chi connectivity index (χ0n) is 23.7. The Morgan fingerprint density at radius 3 is 1.45 bits per heavy atom. The minimum atomic E-state index is -4.39. The van der Waals surface area contributed by atoms with Crippen molar-refractivity contribution < 1.29 is 13.3 Å². The number of rotatable bonds is 5. The maximum Gasteiger partial charge on any atom is 0.300 e. The third kappa shape index (κ3) is 3.55. The molecule has 0 fully saturated rings. The molecule has 6 aromatic carbocycles. The van der Waals surface area contributed by atoms with E-state index >= 15 is 4.20 Å². The zero-order valence-corrected chi connectivity index (χ0v) is 25.5.